The van der Waals surface area contributed by atoms with Gasteiger partial charge in [0.25, 0.3) is 11.6 Å². The number of nitro benzene ring substituents is 1. The molecule has 1 heterocycles. The number of non-ortho nitro benzene ring substituents is 1. The third-order valence-corrected chi connectivity index (χ3v) is 6.24. The minimum atomic E-state index is -3.76. The molecule has 3 rings (SSSR count). The molecule has 1 fully saturated rings. The van der Waals surface area contributed by atoms with E-state index in [9.17, 15) is 23.3 Å². The van der Waals surface area contributed by atoms with E-state index in [2.05, 4.69) is 5.32 Å². The van der Waals surface area contributed by atoms with Crippen LogP contribution in [0.25, 0.3) is 0 Å². The first-order valence-electron chi connectivity index (χ1n) is 8.64. The van der Waals surface area contributed by atoms with E-state index >= 15 is 0 Å². The first-order valence-corrected chi connectivity index (χ1v) is 10.1. The van der Waals surface area contributed by atoms with Gasteiger partial charge in [0.15, 0.2) is 0 Å². The van der Waals surface area contributed by atoms with Crippen molar-refractivity contribution in [1.29, 1.82) is 0 Å². The predicted molar refractivity (Wildman–Crippen MR) is 104 cm³/mol. The van der Waals surface area contributed by atoms with Gasteiger partial charge < -0.3 is 14.8 Å². The molecule has 0 saturated carbocycles. The van der Waals surface area contributed by atoms with Crippen molar-refractivity contribution in [3.63, 3.8) is 0 Å². The summed E-state index contributed by atoms with van der Waals surface area (Å²) in [6.07, 6.45) is 0. The van der Waals surface area contributed by atoms with E-state index < -0.39 is 20.9 Å². The second kappa shape index (κ2) is 8.55. The SMILES string of the molecule is COc1ccc([N+](=O)[O-])cc1NC(=O)c1cccc(S(=O)(=O)N2CCOCC2)c1. The molecule has 10 nitrogen and oxygen atoms in total. The van der Waals surface area contributed by atoms with Crippen LogP contribution in [0.1, 0.15) is 10.4 Å². The van der Waals surface area contributed by atoms with E-state index in [1.54, 1.807) is 0 Å². The fourth-order valence-corrected chi connectivity index (χ4v) is 4.29. The molecule has 0 aliphatic carbocycles. The van der Waals surface area contributed by atoms with Crippen molar-refractivity contribution >= 4 is 27.3 Å². The molecule has 2 aromatic rings. The number of rotatable bonds is 6. The minimum Gasteiger partial charge on any atom is -0.495 e. The summed E-state index contributed by atoms with van der Waals surface area (Å²) in [4.78, 5) is 23.0. The van der Waals surface area contributed by atoms with Crippen LogP contribution in [0.5, 0.6) is 5.75 Å². The highest BCUT2D eigenvalue weighted by Gasteiger charge is 2.27. The van der Waals surface area contributed by atoms with Crippen molar-refractivity contribution in [3.8, 4) is 5.75 Å². The number of ether oxygens (including phenoxy) is 2. The van der Waals surface area contributed by atoms with Crippen molar-refractivity contribution in [3.05, 3.63) is 58.1 Å². The highest BCUT2D eigenvalue weighted by molar-refractivity contribution is 7.89. The Balaban J connectivity index is 1.87. The Morgan fingerprint density at radius 3 is 2.59 bits per heavy atom. The fourth-order valence-electron chi connectivity index (χ4n) is 2.84. The molecule has 0 unspecified atom stereocenters. The summed E-state index contributed by atoms with van der Waals surface area (Å²) in [7, 11) is -2.39. The summed E-state index contributed by atoms with van der Waals surface area (Å²) >= 11 is 0. The molecule has 154 valence electrons. The van der Waals surface area contributed by atoms with Crippen LogP contribution in [0.3, 0.4) is 0 Å². The van der Waals surface area contributed by atoms with E-state index in [0.29, 0.717) is 13.2 Å². The largest absolute Gasteiger partial charge is 0.495 e. The fraction of sp³-hybridized carbons (Fsp3) is 0.278. The lowest BCUT2D eigenvalue weighted by Gasteiger charge is -2.26. The number of hydrogen-bond acceptors (Lipinski definition) is 7. The Kier molecular flexibility index (Phi) is 6.11. The maximum absolute atomic E-state index is 12.8. The normalized spacial score (nSPS) is 14.9. The molecule has 1 N–H and O–H groups in total. The number of nitro groups is 1. The summed E-state index contributed by atoms with van der Waals surface area (Å²) < 4.78 is 37.2. The molecule has 29 heavy (non-hydrogen) atoms. The quantitative estimate of drug-likeness (QED) is 0.557. The maximum atomic E-state index is 12.8. The Bertz CT molecular complexity index is 1030. The van der Waals surface area contributed by atoms with Crippen LogP contribution in [0, 0.1) is 10.1 Å². The molecule has 0 atom stereocenters. The smallest absolute Gasteiger partial charge is 0.271 e. The monoisotopic (exact) mass is 421 g/mol. The summed E-state index contributed by atoms with van der Waals surface area (Å²) in [6, 6.07) is 9.39. The van der Waals surface area contributed by atoms with Crippen molar-refractivity contribution in [1.82, 2.24) is 4.31 Å². The molecule has 2 aromatic carbocycles. The number of benzene rings is 2. The molecule has 0 radical (unpaired) electrons. The summed E-state index contributed by atoms with van der Waals surface area (Å²) in [6.45, 7) is 1.10. The third kappa shape index (κ3) is 4.53. The minimum absolute atomic E-state index is 0.0157. The van der Waals surface area contributed by atoms with Gasteiger partial charge in [0.1, 0.15) is 5.75 Å². The van der Waals surface area contributed by atoms with Crippen molar-refractivity contribution in [2.24, 2.45) is 0 Å². The number of carbonyl (C=O) groups excluding carboxylic acids is 1. The number of anilines is 1. The Labute approximate surface area is 167 Å². The van der Waals surface area contributed by atoms with Crippen molar-refractivity contribution in [2.75, 3.05) is 38.7 Å². The number of amides is 1. The first-order chi connectivity index (χ1) is 13.8. The van der Waals surface area contributed by atoms with E-state index in [-0.39, 0.29) is 40.7 Å². The number of sulfonamides is 1. The van der Waals surface area contributed by atoms with Crippen LogP contribution in [0.2, 0.25) is 0 Å². The average molecular weight is 421 g/mol. The van der Waals surface area contributed by atoms with E-state index in [4.69, 9.17) is 9.47 Å². The van der Waals surface area contributed by atoms with Crippen LogP contribution in [0.4, 0.5) is 11.4 Å². The van der Waals surface area contributed by atoms with Gasteiger partial charge in [0.2, 0.25) is 10.0 Å². The van der Waals surface area contributed by atoms with E-state index in [0.717, 1.165) is 0 Å². The molecule has 11 heteroatoms. The molecule has 0 bridgehead atoms. The standard InChI is InChI=1S/C18H19N3O7S/c1-27-17-6-5-14(21(23)24)12-16(17)19-18(22)13-3-2-4-15(11-13)29(25,26)20-7-9-28-10-8-20/h2-6,11-12H,7-10H2,1H3,(H,19,22). The van der Waals surface area contributed by atoms with Gasteiger partial charge in [0, 0.05) is 30.8 Å². The third-order valence-electron chi connectivity index (χ3n) is 4.35. The highest BCUT2D eigenvalue weighted by atomic mass is 32.2. The molecular formula is C18H19N3O7S. The van der Waals surface area contributed by atoms with Crippen molar-refractivity contribution < 1.29 is 27.6 Å². The molecular weight excluding hydrogens is 402 g/mol. The Morgan fingerprint density at radius 2 is 1.93 bits per heavy atom. The van der Waals surface area contributed by atoms with Gasteiger partial charge in [0.05, 0.1) is 35.8 Å². The Morgan fingerprint density at radius 1 is 1.21 bits per heavy atom. The van der Waals surface area contributed by atoms with Crippen molar-refractivity contribution in [2.45, 2.75) is 4.90 Å². The number of carbonyl (C=O) groups is 1. The van der Waals surface area contributed by atoms with Gasteiger partial charge in [-0.2, -0.15) is 4.31 Å². The van der Waals surface area contributed by atoms with Crippen LogP contribution < -0.4 is 10.1 Å². The van der Waals surface area contributed by atoms with Crippen LogP contribution >= 0.6 is 0 Å². The lowest BCUT2D eigenvalue weighted by Crippen LogP contribution is -2.40. The van der Waals surface area contributed by atoms with Gasteiger partial charge in [-0.15, -0.1) is 0 Å². The maximum Gasteiger partial charge on any atom is 0.271 e. The van der Waals surface area contributed by atoms with E-state index in [1.807, 2.05) is 0 Å². The zero-order valence-corrected chi connectivity index (χ0v) is 16.3. The lowest BCUT2D eigenvalue weighted by atomic mass is 10.2. The molecule has 1 aliphatic rings. The zero-order valence-electron chi connectivity index (χ0n) is 15.5. The number of nitrogens with zero attached hydrogens (tertiary/aromatic N) is 2. The molecule has 1 saturated heterocycles. The van der Waals surface area contributed by atoms with Gasteiger partial charge in [-0.3, -0.25) is 14.9 Å². The van der Waals surface area contributed by atoms with Gasteiger partial charge in [-0.05, 0) is 24.3 Å². The van der Waals surface area contributed by atoms with Crippen LogP contribution in [-0.2, 0) is 14.8 Å². The Hall–Kier alpha value is -3.02. The second-order valence-corrected chi connectivity index (χ2v) is 8.08. The van der Waals surface area contributed by atoms with E-state index in [1.165, 1.54) is 53.9 Å². The predicted octanol–water partition coefficient (Wildman–Crippen LogP) is 1.88. The molecule has 1 amide bonds. The first kappa shape index (κ1) is 20.7. The summed E-state index contributed by atoms with van der Waals surface area (Å²) in [5.41, 5.74) is -0.0224. The number of morpholine rings is 1. The van der Waals surface area contributed by atoms with Gasteiger partial charge in [-0.1, -0.05) is 6.07 Å². The van der Waals surface area contributed by atoms with Crippen LogP contribution in [0.15, 0.2) is 47.4 Å². The summed E-state index contributed by atoms with van der Waals surface area (Å²) in [5, 5.41) is 13.5. The van der Waals surface area contributed by atoms with Gasteiger partial charge in [-0.25, -0.2) is 8.42 Å². The summed E-state index contributed by atoms with van der Waals surface area (Å²) in [5.74, 6) is -0.385. The lowest BCUT2D eigenvalue weighted by molar-refractivity contribution is -0.384. The zero-order chi connectivity index (χ0) is 21.0. The molecule has 0 aromatic heterocycles. The molecule has 0 spiro atoms. The highest BCUT2D eigenvalue weighted by Crippen LogP contribution is 2.29. The number of nitrogens with one attached hydrogen (secondary N) is 1. The topological polar surface area (TPSA) is 128 Å². The number of hydrogen-bond donors (Lipinski definition) is 1. The van der Waals surface area contributed by atoms with Crippen LogP contribution in [-0.4, -0.2) is 57.0 Å². The average Bonchev–Trinajstić information content (AvgIpc) is 2.74. The molecule has 1 aliphatic heterocycles. The second-order valence-electron chi connectivity index (χ2n) is 6.14. The number of methoxy groups -OCH3 is 1. The van der Waals surface area contributed by atoms with Gasteiger partial charge >= 0.3 is 0 Å².